The van der Waals surface area contributed by atoms with E-state index >= 15 is 0 Å². The first-order chi connectivity index (χ1) is 20.0. The summed E-state index contributed by atoms with van der Waals surface area (Å²) in [6.07, 6.45) is -13.1. The molecule has 0 bridgehead atoms. The topological polar surface area (TPSA) is 330 Å². The summed E-state index contributed by atoms with van der Waals surface area (Å²) in [7, 11) is 0. The van der Waals surface area contributed by atoms with Crippen molar-refractivity contribution in [3.05, 3.63) is 0 Å². The van der Waals surface area contributed by atoms with Gasteiger partial charge < -0.3 is 88.9 Å². The number of rotatable bonds is 13. The molecule has 2 saturated heterocycles. The molecule has 18 N–H and O–H groups in total. The third-order valence-electron chi connectivity index (χ3n) is 7.97. The van der Waals surface area contributed by atoms with Gasteiger partial charge in [0.05, 0.1) is 36.9 Å². The van der Waals surface area contributed by atoms with Crippen molar-refractivity contribution in [3.63, 3.8) is 0 Å². The number of hydrogen-bond acceptors (Lipinski definition) is 17. The Morgan fingerprint density at radius 1 is 0.905 bits per heavy atom. The van der Waals surface area contributed by atoms with E-state index in [1.807, 2.05) is 0 Å². The Hall–Kier alpha value is -1.17. The molecule has 18 heteroatoms. The van der Waals surface area contributed by atoms with Crippen LogP contribution in [0.1, 0.15) is 19.3 Å². The highest BCUT2D eigenvalue weighted by Gasteiger charge is 2.51. The van der Waals surface area contributed by atoms with Crippen molar-refractivity contribution in [2.45, 2.75) is 111 Å². The molecule has 2 heterocycles. The standard InChI is InChI=1S/C24H49N7O11/c25-2-1-3-30-11-5-12(33)14(7-27)39-23(11)41-20-9(28)4-10(31-22(38)13(34)6-26)21(19(20)37)42-24-18(36)16(29)17(35)15(8-32)40-24/h9-21,23-24,30,32-37H,1-8,25-29H2,(H,31,38)/t9-,10+,11+,12-,13-,14+,15+,16-,17+,18+,19-,20+,21-,23+,24+/m0/s1. The van der Waals surface area contributed by atoms with Crippen LogP contribution in [0.25, 0.3) is 0 Å². The zero-order chi connectivity index (χ0) is 31.1. The lowest BCUT2D eigenvalue weighted by atomic mass is 9.83. The van der Waals surface area contributed by atoms with E-state index in [0.29, 0.717) is 19.5 Å². The van der Waals surface area contributed by atoms with Gasteiger partial charge in [0.1, 0.15) is 42.7 Å². The first-order valence-electron chi connectivity index (χ1n) is 14.2. The number of amides is 1. The molecule has 0 unspecified atom stereocenters. The van der Waals surface area contributed by atoms with Crippen LogP contribution in [0.5, 0.6) is 0 Å². The lowest BCUT2D eigenvalue weighted by Crippen LogP contribution is -2.69. The van der Waals surface area contributed by atoms with E-state index in [2.05, 4.69) is 10.6 Å². The second-order valence-electron chi connectivity index (χ2n) is 11.0. The van der Waals surface area contributed by atoms with Crippen LogP contribution in [-0.2, 0) is 23.7 Å². The number of aliphatic hydroxyl groups is 6. The Labute approximate surface area is 243 Å². The van der Waals surface area contributed by atoms with Gasteiger partial charge in [0, 0.05) is 19.1 Å². The maximum absolute atomic E-state index is 12.5. The van der Waals surface area contributed by atoms with Crippen molar-refractivity contribution in [1.82, 2.24) is 10.6 Å². The van der Waals surface area contributed by atoms with Gasteiger partial charge in [-0.2, -0.15) is 0 Å². The Morgan fingerprint density at radius 3 is 2.19 bits per heavy atom. The summed E-state index contributed by atoms with van der Waals surface area (Å²) in [5, 5.41) is 68.2. The van der Waals surface area contributed by atoms with E-state index in [1.54, 1.807) is 0 Å². The molecule has 0 radical (unpaired) electrons. The number of aliphatic hydroxyl groups excluding tert-OH is 6. The van der Waals surface area contributed by atoms with Crippen LogP contribution in [0.2, 0.25) is 0 Å². The molecule has 3 aliphatic rings. The first-order valence-corrected chi connectivity index (χ1v) is 14.2. The molecular formula is C24H49N7O11. The molecular weight excluding hydrogens is 562 g/mol. The van der Waals surface area contributed by atoms with Gasteiger partial charge in [-0.15, -0.1) is 0 Å². The van der Waals surface area contributed by atoms with Gasteiger partial charge in [0.15, 0.2) is 12.6 Å². The Kier molecular flexibility index (Phi) is 13.6. The number of nitrogens with one attached hydrogen (secondary N) is 2. The summed E-state index contributed by atoms with van der Waals surface area (Å²) in [6, 6.07) is -3.71. The van der Waals surface area contributed by atoms with Gasteiger partial charge in [0.25, 0.3) is 0 Å². The Balaban J connectivity index is 1.85. The summed E-state index contributed by atoms with van der Waals surface area (Å²) in [5.74, 6) is -0.847. The van der Waals surface area contributed by atoms with Gasteiger partial charge in [-0.3, -0.25) is 4.79 Å². The maximum Gasteiger partial charge on any atom is 0.250 e. The second-order valence-corrected chi connectivity index (χ2v) is 11.0. The van der Waals surface area contributed by atoms with Crippen LogP contribution < -0.4 is 39.3 Å². The third-order valence-corrected chi connectivity index (χ3v) is 7.97. The molecule has 0 aromatic heterocycles. The van der Waals surface area contributed by atoms with E-state index in [9.17, 15) is 35.4 Å². The molecule has 42 heavy (non-hydrogen) atoms. The maximum atomic E-state index is 12.5. The van der Waals surface area contributed by atoms with Crippen molar-refractivity contribution < 1.29 is 54.4 Å². The summed E-state index contributed by atoms with van der Waals surface area (Å²) in [4.78, 5) is 12.5. The van der Waals surface area contributed by atoms with Gasteiger partial charge >= 0.3 is 0 Å². The zero-order valence-electron chi connectivity index (χ0n) is 23.4. The van der Waals surface area contributed by atoms with Crippen molar-refractivity contribution in [2.75, 3.05) is 32.8 Å². The van der Waals surface area contributed by atoms with Gasteiger partial charge in [0.2, 0.25) is 5.91 Å². The predicted octanol–water partition coefficient (Wildman–Crippen LogP) is -7.84. The van der Waals surface area contributed by atoms with Crippen LogP contribution in [0, 0.1) is 0 Å². The van der Waals surface area contributed by atoms with Crippen LogP contribution in [0.4, 0.5) is 0 Å². The molecule has 1 amide bonds. The normalized spacial score (nSPS) is 43.6. The van der Waals surface area contributed by atoms with Crippen molar-refractivity contribution >= 4 is 5.91 Å². The molecule has 15 atom stereocenters. The van der Waals surface area contributed by atoms with Crippen molar-refractivity contribution in [1.29, 1.82) is 0 Å². The van der Waals surface area contributed by atoms with Crippen LogP contribution in [0.15, 0.2) is 0 Å². The molecule has 18 nitrogen and oxygen atoms in total. The molecule has 0 spiro atoms. The highest BCUT2D eigenvalue weighted by atomic mass is 16.7. The number of hydrogen-bond donors (Lipinski definition) is 13. The fourth-order valence-electron chi connectivity index (χ4n) is 5.45. The minimum atomic E-state index is -1.58. The summed E-state index contributed by atoms with van der Waals surface area (Å²) >= 11 is 0. The lowest BCUT2D eigenvalue weighted by Gasteiger charge is -2.49. The van der Waals surface area contributed by atoms with Crippen LogP contribution >= 0.6 is 0 Å². The smallest absolute Gasteiger partial charge is 0.250 e. The molecule has 1 saturated carbocycles. The van der Waals surface area contributed by atoms with Gasteiger partial charge in [-0.05, 0) is 32.4 Å². The number of carbonyl (C=O) groups is 1. The average molecular weight is 612 g/mol. The second kappa shape index (κ2) is 16.2. The minimum Gasteiger partial charge on any atom is -0.394 e. The fourth-order valence-corrected chi connectivity index (χ4v) is 5.45. The van der Waals surface area contributed by atoms with Crippen LogP contribution in [-0.4, -0.2) is 161 Å². The average Bonchev–Trinajstić information content (AvgIpc) is 2.97. The molecule has 1 aliphatic carbocycles. The van der Waals surface area contributed by atoms with Gasteiger partial charge in [-0.25, -0.2) is 0 Å². The lowest BCUT2D eigenvalue weighted by molar-refractivity contribution is -0.316. The minimum absolute atomic E-state index is 0.00810. The Bertz CT molecular complexity index is 836. The molecule has 0 aromatic carbocycles. The highest BCUT2D eigenvalue weighted by Crippen LogP contribution is 2.32. The van der Waals surface area contributed by atoms with E-state index in [-0.39, 0.29) is 25.9 Å². The molecule has 0 aromatic rings. The van der Waals surface area contributed by atoms with E-state index in [4.69, 9.17) is 47.6 Å². The number of nitrogens with two attached hydrogens (primary N) is 5. The molecule has 3 rings (SSSR count). The van der Waals surface area contributed by atoms with Crippen LogP contribution in [0.3, 0.4) is 0 Å². The monoisotopic (exact) mass is 611 g/mol. The fraction of sp³-hybridized carbons (Fsp3) is 0.958. The SMILES string of the molecule is NCCCN[C@@H]1C[C@H](O)[C@@H](CN)O[C@@H]1O[C@H]1[C@H](O)[C@@H](O[C@H]2O[C@H](CO)[C@@H](O)[C@H](N)[C@H]2O)[C@H](NC(=O)[C@@H](O)CN)C[C@@H]1N. The summed E-state index contributed by atoms with van der Waals surface area (Å²) in [5.41, 5.74) is 29.1. The predicted molar refractivity (Wildman–Crippen MR) is 145 cm³/mol. The molecule has 246 valence electrons. The first kappa shape index (κ1) is 35.3. The molecule has 3 fully saturated rings. The Morgan fingerprint density at radius 2 is 1.57 bits per heavy atom. The number of carbonyl (C=O) groups excluding carboxylic acids is 1. The summed E-state index contributed by atoms with van der Waals surface area (Å²) in [6.45, 7) is -0.0637. The van der Waals surface area contributed by atoms with E-state index in [1.165, 1.54) is 0 Å². The number of ether oxygens (including phenoxy) is 4. The highest BCUT2D eigenvalue weighted by molar-refractivity contribution is 5.81. The van der Waals surface area contributed by atoms with Crippen molar-refractivity contribution in [3.8, 4) is 0 Å². The largest absolute Gasteiger partial charge is 0.394 e. The summed E-state index contributed by atoms with van der Waals surface area (Å²) < 4.78 is 23.6. The van der Waals surface area contributed by atoms with Gasteiger partial charge in [-0.1, -0.05) is 0 Å². The van der Waals surface area contributed by atoms with Crippen molar-refractivity contribution in [2.24, 2.45) is 28.7 Å². The zero-order valence-corrected chi connectivity index (χ0v) is 23.4. The molecule has 2 aliphatic heterocycles. The van der Waals surface area contributed by atoms with E-state index < -0.39 is 104 Å². The quantitative estimate of drug-likeness (QED) is 0.0859. The third kappa shape index (κ3) is 8.30. The van der Waals surface area contributed by atoms with E-state index in [0.717, 1.165) is 0 Å².